The van der Waals surface area contributed by atoms with Crippen LogP contribution >= 0.6 is 0 Å². The zero-order chi connectivity index (χ0) is 11.1. The fraction of sp³-hybridized carbons (Fsp3) is 0.615. The number of hydrogen-bond acceptors (Lipinski definition) is 2. The van der Waals surface area contributed by atoms with Crippen LogP contribution in [0.1, 0.15) is 38.7 Å². The molecule has 2 heteroatoms. The summed E-state index contributed by atoms with van der Waals surface area (Å²) in [5.74, 6) is 0.761. The van der Waals surface area contributed by atoms with Crippen LogP contribution in [0.25, 0.3) is 0 Å². The highest BCUT2D eigenvalue weighted by molar-refractivity contribution is 5.09. The molecule has 1 rings (SSSR count). The zero-order valence-corrected chi connectivity index (χ0v) is 9.82. The molecular weight excluding hydrogens is 184 g/mol. The maximum absolute atomic E-state index is 6.05. The van der Waals surface area contributed by atoms with Gasteiger partial charge in [-0.1, -0.05) is 13.8 Å². The summed E-state index contributed by atoms with van der Waals surface area (Å²) in [7, 11) is 0. The molecule has 0 saturated carbocycles. The third kappa shape index (κ3) is 5.53. The lowest BCUT2D eigenvalue weighted by molar-refractivity contribution is 0.478. The lowest BCUT2D eigenvalue weighted by atomic mass is 9.99. The minimum absolute atomic E-state index is 0.348. The van der Waals surface area contributed by atoms with Crippen LogP contribution < -0.4 is 5.73 Å². The molecule has 1 atom stereocenters. The molecule has 0 fully saturated rings. The van der Waals surface area contributed by atoms with Gasteiger partial charge in [-0.05, 0) is 49.3 Å². The van der Waals surface area contributed by atoms with Gasteiger partial charge in [0.05, 0.1) is 0 Å². The number of aryl methyl sites for hydroxylation is 1. The van der Waals surface area contributed by atoms with E-state index in [1.165, 1.54) is 12.0 Å². The lowest BCUT2D eigenvalue weighted by Gasteiger charge is -2.12. The van der Waals surface area contributed by atoms with E-state index >= 15 is 0 Å². The van der Waals surface area contributed by atoms with Gasteiger partial charge >= 0.3 is 0 Å². The normalized spacial score (nSPS) is 13.1. The van der Waals surface area contributed by atoms with E-state index in [0.717, 1.165) is 25.2 Å². The molecule has 15 heavy (non-hydrogen) atoms. The molecule has 0 bridgehead atoms. The first-order chi connectivity index (χ1) is 7.18. The van der Waals surface area contributed by atoms with Crippen LogP contribution in [0.5, 0.6) is 0 Å². The minimum atomic E-state index is 0.348. The summed E-state index contributed by atoms with van der Waals surface area (Å²) >= 11 is 0. The second-order valence-electron chi connectivity index (χ2n) is 4.63. The molecular formula is C13H22N2. The zero-order valence-electron chi connectivity index (χ0n) is 9.82. The SMILES string of the molecule is CC(C)CCC(N)CCc1ccncc1. The van der Waals surface area contributed by atoms with Crippen molar-refractivity contribution >= 4 is 0 Å². The molecule has 2 nitrogen and oxygen atoms in total. The van der Waals surface area contributed by atoms with Crippen LogP contribution in [-0.4, -0.2) is 11.0 Å². The molecule has 1 aromatic rings. The van der Waals surface area contributed by atoms with Crippen LogP contribution in [0, 0.1) is 5.92 Å². The van der Waals surface area contributed by atoms with E-state index in [-0.39, 0.29) is 0 Å². The second kappa shape index (κ2) is 6.57. The summed E-state index contributed by atoms with van der Waals surface area (Å²) in [6, 6.07) is 4.48. The van der Waals surface area contributed by atoms with Crippen LogP contribution in [-0.2, 0) is 6.42 Å². The van der Waals surface area contributed by atoms with E-state index in [1.807, 2.05) is 12.4 Å². The lowest BCUT2D eigenvalue weighted by Crippen LogP contribution is -2.21. The average Bonchev–Trinajstić information content (AvgIpc) is 2.25. The van der Waals surface area contributed by atoms with Gasteiger partial charge in [-0.15, -0.1) is 0 Å². The summed E-state index contributed by atoms with van der Waals surface area (Å²) in [6.07, 6.45) is 8.21. The molecule has 1 heterocycles. The van der Waals surface area contributed by atoms with Crippen molar-refractivity contribution in [1.29, 1.82) is 0 Å². The molecule has 0 aromatic carbocycles. The van der Waals surface area contributed by atoms with Crippen molar-refractivity contribution in [3.05, 3.63) is 30.1 Å². The van der Waals surface area contributed by atoms with E-state index in [1.54, 1.807) is 0 Å². The Morgan fingerprint density at radius 2 is 1.80 bits per heavy atom. The Bertz CT molecular complexity index is 256. The van der Waals surface area contributed by atoms with E-state index < -0.39 is 0 Å². The second-order valence-corrected chi connectivity index (χ2v) is 4.63. The van der Waals surface area contributed by atoms with E-state index in [0.29, 0.717) is 6.04 Å². The Kier molecular flexibility index (Phi) is 5.33. The molecule has 0 aliphatic rings. The Morgan fingerprint density at radius 3 is 2.40 bits per heavy atom. The summed E-state index contributed by atoms with van der Waals surface area (Å²) in [5.41, 5.74) is 7.39. The van der Waals surface area contributed by atoms with Crippen LogP contribution in [0.4, 0.5) is 0 Å². The predicted molar refractivity (Wildman–Crippen MR) is 64.6 cm³/mol. The van der Waals surface area contributed by atoms with Gasteiger partial charge in [-0.2, -0.15) is 0 Å². The first-order valence-electron chi connectivity index (χ1n) is 5.83. The largest absolute Gasteiger partial charge is 0.328 e. The molecule has 0 aliphatic heterocycles. The summed E-state index contributed by atoms with van der Waals surface area (Å²) in [5, 5.41) is 0. The number of hydrogen-bond donors (Lipinski definition) is 1. The monoisotopic (exact) mass is 206 g/mol. The minimum Gasteiger partial charge on any atom is -0.328 e. The van der Waals surface area contributed by atoms with Gasteiger partial charge in [0.15, 0.2) is 0 Å². The number of nitrogens with two attached hydrogens (primary N) is 1. The van der Waals surface area contributed by atoms with Crippen molar-refractivity contribution in [3.63, 3.8) is 0 Å². The molecule has 2 N–H and O–H groups in total. The fourth-order valence-electron chi connectivity index (χ4n) is 1.59. The Balaban J connectivity index is 2.19. The van der Waals surface area contributed by atoms with Gasteiger partial charge in [0.1, 0.15) is 0 Å². The Hall–Kier alpha value is -0.890. The van der Waals surface area contributed by atoms with Gasteiger partial charge in [-0.3, -0.25) is 4.98 Å². The number of aromatic nitrogens is 1. The molecule has 1 unspecified atom stereocenters. The fourth-order valence-corrected chi connectivity index (χ4v) is 1.59. The third-order valence-corrected chi connectivity index (χ3v) is 2.67. The van der Waals surface area contributed by atoms with Crippen molar-refractivity contribution in [3.8, 4) is 0 Å². The van der Waals surface area contributed by atoms with Gasteiger partial charge in [0, 0.05) is 18.4 Å². The average molecular weight is 206 g/mol. The summed E-state index contributed by atoms with van der Waals surface area (Å²) in [4.78, 5) is 4.00. The van der Waals surface area contributed by atoms with Gasteiger partial charge in [-0.25, -0.2) is 0 Å². The maximum atomic E-state index is 6.05. The predicted octanol–water partition coefficient (Wildman–Crippen LogP) is 2.78. The van der Waals surface area contributed by atoms with Crippen LogP contribution in [0.2, 0.25) is 0 Å². The first kappa shape index (κ1) is 12.2. The molecule has 0 radical (unpaired) electrons. The van der Waals surface area contributed by atoms with Crippen LogP contribution in [0.15, 0.2) is 24.5 Å². The number of pyridine rings is 1. The van der Waals surface area contributed by atoms with Crippen molar-refractivity contribution in [1.82, 2.24) is 4.98 Å². The van der Waals surface area contributed by atoms with E-state index in [9.17, 15) is 0 Å². The highest BCUT2D eigenvalue weighted by atomic mass is 14.6. The molecule has 84 valence electrons. The smallest absolute Gasteiger partial charge is 0.0270 e. The number of nitrogens with zero attached hydrogens (tertiary/aromatic N) is 1. The highest BCUT2D eigenvalue weighted by Crippen LogP contribution is 2.10. The first-order valence-corrected chi connectivity index (χ1v) is 5.83. The van der Waals surface area contributed by atoms with Crippen LogP contribution in [0.3, 0.4) is 0 Å². The standard InChI is InChI=1S/C13H22N2/c1-11(2)3-5-13(14)6-4-12-7-9-15-10-8-12/h7-11,13H,3-6,14H2,1-2H3. The highest BCUT2D eigenvalue weighted by Gasteiger charge is 2.04. The van der Waals surface area contributed by atoms with Crippen molar-refractivity contribution in [2.45, 2.75) is 45.6 Å². The Labute approximate surface area is 92.9 Å². The molecule has 0 amide bonds. The summed E-state index contributed by atoms with van der Waals surface area (Å²) in [6.45, 7) is 4.49. The molecule has 0 spiro atoms. The van der Waals surface area contributed by atoms with Gasteiger partial charge < -0.3 is 5.73 Å². The van der Waals surface area contributed by atoms with Crippen molar-refractivity contribution in [2.75, 3.05) is 0 Å². The molecule has 0 aliphatic carbocycles. The molecule has 0 saturated heterocycles. The maximum Gasteiger partial charge on any atom is 0.0270 e. The number of rotatable bonds is 6. The van der Waals surface area contributed by atoms with Crippen molar-refractivity contribution < 1.29 is 0 Å². The topological polar surface area (TPSA) is 38.9 Å². The Morgan fingerprint density at radius 1 is 1.13 bits per heavy atom. The van der Waals surface area contributed by atoms with Crippen molar-refractivity contribution in [2.24, 2.45) is 11.7 Å². The molecule has 1 aromatic heterocycles. The van der Waals surface area contributed by atoms with Gasteiger partial charge in [0.25, 0.3) is 0 Å². The van der Waals surface area contributed by atoms with Gasteiger partial charge in [0.2, 0.25) is 0 Å². The summed E-state index contributed by atoms with van der Waals surface area (Å²) < 4.78 is 0. The quantitative estimate of drug-likeness (QED) is 0.777. The van der Waals surface area contributed by atoms with E-state index in [2.05, 4.69) is 31.0 Å². The van der Waals surface area contributed by atoms with E-state index in [4.69, 9.17) is 5.73 Å². The third-order valence-electron chi connectivity index (χ3n) is 2.67.